The van der Waals surface area contributed by atoms with Crippen molar-refractivity contribution in [1.82, 2.24) is 24.4 Å². The number of carbonyl (C=O) groups is 1. The van der Waals surface area contributed by atoms with Crippen LogP contribution < -0.4 is 9.47 Å². The van der Waals surface area contributed by atoms with Crippen molar-refractivity contribution in [2.75, 3.05) is 6.54 Å². The lowest BCUT2D eigenvalue weighted by Crippen LogP contribution is -2.44. The van der Waals surface area contributed by atoms with E-state index in [0.29, 0.717) is 30.9 Å². The molecule has 4 aromatic rings. The topological polar surface area (TPSA) is 112 Å². The third kappa shape index (κ3) is 7.13. The smallest absolute Gasteiger partial charge is 0.335 e. The molecule has 44 heavy (non-hydrogen) atoms. The summed E-state index contributed by atoms with van der Waals surface area (Å²) in [5.41, 5.74) is 1.79. The predicted molar refractivity (Wildman–Crippen MR) is 157 cm³/mol. The zero-order chi connectivity index (χ0) is 30.8. The van der Waals surface area contributed by atoms with E-state index in [1.807, 2.05) is 6.92 Å². The summed E-state index contributed by atoms with van der Waals surface area (Å²) in [6.07, 6.45) is 5.49. The third-order valence-electron chi connectivity index (χ3n) is 7.99. The fourth-order valence-corrected chi connectivity index (χ4v) is 5.58. The molecule has 1 aliphatic heterocycles. The number of likely N-dealkylation sites (tertiary alicyclic amines) is 1. The van der Waals surface area contributed by atoms with Crippen LogP contribution in [-0.2, 0) is 24.4 Å². The van der Waals surface area contributed by atoms with Crippen molar-refractivity contribution < 1.29 is 32.9 Å². The minimum Gasteiger partial charge on any atom is -0.483 e. The molecule has 0 spiro atoms. The predicted octanol–water partition coefficient (Wildman–Crippen LogP) is 5.38. The normalized spacial score (nSPS) is 19.6. The zero-order valence-electron chi connectivity index (χ0n) is 24.7. The van der Waals surface area contributed by atoms with Crippen LogP contribution in [0.1, 0.15) is 61.5 Å². The Hall–Kier alpha value is -4.16. The first-order chi connectivity index (χ1) is 21.2. The average molecular weight is 608 g/mol. The van der Waals surface area contributed by atoms with Gasteiger partial charge in [-0.1, -0.05) is 0 Å². The first kappa shape index (κ1) is 29.9. The highest BCUT2D eigenvalue weighted by Crippen LogP contribution is 2.28. The van der Waals surface area contributed by atoms with Gasteiger partial charge in [-0.3, -0.25) is 4.90 Å². The van der Waals surface area contributed by atoms with Gasteiger partial charge in [-0.2, -0.15) is 4.98 Å². The summed E-state index contributed by atoms with van der Waals surface area (Å²) in [5.74, 6) is -0.917. The molecular weight excluding hydrogens is 572 g/mol. The van der Waals surface area contributed by atoms with E-state index in [4.69, 9.17) is 19.2 Å². The molecule has 3 heterocycles. The Morgan fingerprint density at radius 2 is 1.93 bits per heavy atom. The van der Waals surface area contributed by atoms with Crippen molar-refractivity contribution in [2.45, 2.75) is 83.6 Å². The summed E-state index contributed by atoms with van der Waals surface area (Å²) < 4.78 is 46.9. The molecule has 232 valence electrons. The molecule has 3 atom stereocenters. The largest absolute Gasteiger partial charge is 0.483 e. The lowest BCUT2D eigenvalue weighted by Gasteiger charge is -2.37. The van der Waals surface area contributed by atoms with Crippen molar-refractivity contribution in [1.29, 1.82) is 0 Å². The molecule has 10 nitrogen and oxygen atoms in total. The maximum atomic E-state index is 13.9. The summed E-state index contributed by atoms with van der Waals surface area (Å²) >= 11 is 0. The van der Waals surface area contributed by atoms with Gasteiger partial charge < -0.3 is 23.9 Å². The Morgan fingerprint density at radius 3 is 2.68 bits per heavy atom. The second-order valence-corrected chi connectivity index (χ2v) is 11.6. The lowest BCUT2D eigenvalue weighted by atomic mass is 10.0. The van der Waals surface area contributed by atoms with Gasteiger partial charge in [-0.15, -0.1) is 0 Å². The van der Waals surface area contributed by atoms with Crippen molar-refractivity contribution >= 4 is 17.0 Å². The van der Waals surface area contributed by atoms with Gasteiger partial charge in [-0.25, -0.2) is 23.5 Å². The number of nitrogens with zero attached hydrogens (tertiary/aromatic N) is 5. The van der Waals surface area contributed by atoms with Crippen LogP contribution in [0, 0.1) is 11.6 Å². The van der Waals surface area contributed by atoms with Crippen molar-refractivity contribution in [2.24, 2.45) is 0 Å². The maximum Gasteiger partial charge on any atom is 0.335 e. The molecule has 0 unspecified atom stereocenters. The van der Waals surface area contributed by atoms with Crippen LogP contribution in [0.25, 0.3) is 11.0 Å². The number of imidazole rings is 1. The number of hydrogen-bond acceptors (Lipinski definition) is 8. The Morgan fingerprint density at radius 1 is 1.09 bits per heavy atom. The van der Waals surface area contributed by atoms with Gasteiger partial charge in [0.1, 0.15) is 24.4 Å². The Labute approximate surface area is 253 Å². The highest BCUT2D eigenvalue weighted by Gasteiger charge is 2.30. The average Bonchev–Trinajstić information content (AvgIpc) is 3.74. The van der Waals surface area contributed by atoms with Crippen molar-refractivity contribution in [3.05, 3.63) is 77.5 Å². The van der Waals surface area contributed by atoms with Crippen LogP contribution >= 0.6 is 0 Å². The van der Waals surface area contributed by atoms with Crippen molar-refractivity contribution in [3.8, 4) is 11.6 Å². The van der Waals surface area contributed by atoms with Crippen LogP contribution in [-0.4, -0.2) is 66.4 Å². The first-order valence-electron chi connectivity index (χ1n) is 14.9. The third-order valence-corrected chi connectivity index (χ3v) is 7.99. The van der Waals surface area contributed by atoms with Gasteiger partial charge in [0, 0.05) is 30.9 Å². The summed E-state index contributed by atoms with van der Waals surface area (Å²) in [4.78, 5) is 27.5. The van der Waals surface area contributed by atoms with E-state index in [9.17, 15) is 18.7 Å². The Bertz CT molecular complexity index is 1640. The summed E-state index contributed by atoms with van der Waals surface area (Å²) in [6.45, 7) is 6.08. The molecule has 2 aromatic carbocycles. The fraction of sp³-hybridized carbons (Fsp3) is 0.438. The number of aromatic carboxylic acids is 1. The van der Waals surface area contributed by atoms with E-state index >= 15 is 0 Å². The quantitative estimate of drug-likeness (QED) is 0.227. The maximum absolute atomic E-state index is 13.9. The SMILES string of the molecule is C[C@@H](Cn1c(CN2CC[C@H](Oc3ccnc(COc4ccc(F)cc4F)n3)C[C@@H]2C)nc2ccc(C(=O)O)cc21)OC1CC1. The highest BCUT2D eigenvalue weighted by molar-refractivity contribution is 5.92. The summed E-state index contributed by atoms with van der Waals surface area (Å²) in [6, 6.07) is 10.0. The molecule has 1 N–H and O–H groups in total. The van der Waals surface area contributed by atoms with Gasteiger partial charge in [0.05, 0.1) is 41.9 Å². The molecule has 0 radical (unpaired) electrons. The number of halogens is 2. The number of rotatable bonds is 12. The van der Waals surface area contributed by atoms with Gasteiger partial charge in [0.25, 0.3) is 0 Å². The molecular formula is C32H35F2N5O5. The molecule has 2 aliphatic rings. The lowest BCUT2D eigenvalue weighted by molar-refractivity contribution is 0.0383. The molecule has 0 amide bonds. The summed E-state index contributed by atoms with van der Waals surface area (Å²) in [5, 5.41) is 9.57. The minimum absolute atomic E-state index is 0.0263. The molecule has 1 saturated heterocycles. The molecule has 12 heteroatoms. The van der Waals surface area contributed by atoms with Gasteiger partial charge >= 0.3 is 5.97 Å². The number of carboxylic acid groups (broad SMARTS) is 1. The number of aromatic nitrogens is 4. The van der Waals surface area contributed by atoms with E-state index in [1.54, 1.807) is 30.5 Å². The van der Waals surface area contributed by atoms with Crippen molar-refractivity contribution in [3.63, 3.8) is 0 Å². The molecule has 1 aliphatic carbocycles. The Kier molecular flexibility index (Phi) is 8.72. The highest BCUT2D eigenvalue weighted by atomic mass is 19.1. The minimum atomic E-state index is -0.968. The van der Waals surface area contributed by atoms with Crippen LogP contribution in [0.15, 0.2) is 48.7 Å². The number of benzene rings is 2. The van der Waals surface area contributed by atoms with Gasteiger partial charge in [-0.05, 0) is 69.9 Å². The first-order valence-corrected chi connectivity index (χ1v) is 14.9. The number of ether oxygens (including phenoxy) is 3. The second kappa shape index (κ2) is 12.8. The van der Waals surface area contributed by atoms with Gasteiger partial charge in [0.2, 0.25) is 5.88 Å². The van der Waals surface area contributed by atoms with Crippen LogP contribution in [0.2, 0.25) is 0 Å². The molecule has 6 rings (SSSR count). The van der Waals surface area contributed by atoms with E-state index in [2.05, 4.69) is 26.4 Å². The number of piperidine rings is 1. The number of fused-ring (bicyclic) bond motifs is 1. The van der Waals surface area contributed by atoms with E-state index in [0.717, 1.165) is 61.2 Å². The second-order valence-electron chi connectivity index (χ2n) is 11.6. The van der Waals surface area contributed by atoms with Crippen LogP contribution in [0.5, 0.6) is 11.6 Å². The van der Waals surface area contributed by atoms with E-state index < -0.39 is 17.6 Å². The van der Waals surface area contributed by atoms with Gasteiger partial charge in [0.15, 0.2) is 17.4 Å². The standard InChI is InChI=1S/C32H35F2N5O5/c1-19-13-24(44-31-9-11-35-29(37-31)18-42-28-8-4-22(33)15-25(28)34)10-12-38(19)17-30-36-26-7-3-21(32(40)41)14-27(26)39(30)16-20(2)43-23-5-6-23/h3-4,7-9,11,14-15,19-20,23-24H,5-6,10,12-13,16-18H2,1-2H3,(H,40,41)/t19-,20-,24-/m0/s1. The van der Waals surface area contributed by atoms with E-state index in [-0.39, 0.29) is 36.2 Å². The van der Waals surface area contributed by atoms with Crippen LogP contribution in [0.3, 0.4) is 0 Å². The van der Waals surface area contributed by atoms with Crippen LogP contribution in [0.4, 0.5) is 8.78 Å². The number of carboxylic acids is 1. The molecule has 2 aromatic heterocycles. The fourth-order valence-electron chi connectivity index (χ4n) is 5.58. The van der Waals surface area contributed by atoms with E-state index in [1.165, 1.54) is 6.07 Å². The molecule has 2 fully saturated rings. The molecule has 0 bridgehead atoms. The monoisotopic (exact) mass is 607 g/mol. The molecule has 1 saturated carbocycles. The Balaban J connectivity index is 1.10. The summed E-state index contributed by atoms with van der Waals surface area (Å²) in [7, 11) is 0. The zero-order valence-corrected chi connectivity index (χ0v) is 24.7. The number of hydrogen-bond donors (Lipinski definition) is 1.